The molecule has 2 N–H and O–H groups in total. The van der Waals surface area contributed by atoms with E-state index in [1.165, 1.54) is 24.8 Å². The van der Waals surface area contributed by atoms with E-state index >= 15 is 0 Å². The zero-order valence-electron chi connectivity index (χ0n) is 11.0. The summed E-state index contributed by atoms with van der Waals surface area (Å²) in [6, 6.07) is 12.4. The number of likely N-dealkylation sites (tertiary alicyclic amines) is 1. The van der Waals surface area contributed by atoms with Crippen molar-refractivity contribution < 1.29 is 0 Å². The van der Waals surface area contributed by atoms with Crippen molar-refractivity contribution in [1.29, 1.82) is 0 Å². The first kappa shape index (κ1) is 12.6. The number of nitrogens with zero attached hydrogens (tertiary/aromatic N) is 1. The fourth-order valence-corrected chi connectivity index (χ4v) is 3.16. The maximum Gasteiger partial charge on any atom is 0.0476 e. The normalized spacial score (nSPS) is 27.9. The summed E-state index contributed by atoms with van der Waals surface area (Å²) in [6.07, 6.45) is 3.95. The maximum absolute atomic E-state index is 6.02. The van der Waals surface area contributed by atoms with Crippen LogP contribution in [-0.2, 0) is 0 Å². The van der Waals surface area contributed by atoms with E-state index in [1.807, 2.05) is 0 Å². The van der Waals surface area contributed by atoms with Gasteiger partial charge in [0.05, 0.1) is 0 Å². The number of hydrogen-bond donors (Lipinski definition) is 1. The van der Waals surface area contributed by atoms with Crippen LogP contribution in [0.3, 0.4) is 0 Å². The summed E-state index contributed by atoms with van der Waals surface area (Å²) < 4.78 is 0. The molecule has 1 aromatic rings. The van der Waals surface area contributed by atoms with Gasteiger partial charge >= 0.3 is 0 Å². The van der Waals surface area contributed by atoms with Gasteiger partial charge in [-0.15, -0.1) is 0 Å². The van der Waals surface area contributed by atoms with Crippen LogP contribution in [0.5, 0.6) is 0 Å². The number of piperidine rings is 1. The Labute approximate surface area is 105 Å². The van der Waals surface area contributed by atoms with Gasteiger partial charge in [0.2, 0.25) is 0 Å². The van der Waals surface area contributed by atoms with E-state index in [0.29, 0.717) is 24.7 Å². The van der Waals surface area contributed by atoms with Gasteiger partial charge in [0.15, 0.2) is 0 Å². The SMILES string of the molecule is C[C@@H]1CCC[C@H](C)N1C(CN)c1ccccc1. The highest BCUT2D eigenvalue weighted by atomic mass is 15.2. The van der Waals surface area contributed by atoms with Crippen molar-refractivity contribution in [3.63, 3.8) is 0 Å². The molecule has 2 nitrogen and oxygen atoms in total. The van der Waals surface area contributed by atoms with Gasteiger partial charge in [-0.25, -0.2) is 0 Å². The molecule has 3 atom stereocenters. The monoisotopic (exact) mass is 232 g/mol. The van der Waals surface area contributed by atoms with Crippen LogP contribution in [-0.4, -0.2) is 23.5 Å². The predicted molar refractivity (Wildman–Crippen MR) is 72.9 cm³/mol. The molecular weight excluding hydrogens is 208 g/mol. The van der Waals surface area contributed by atoms with E-state index in [1.54, 1.807) is 0 Å². The predicted octanol–water partition coefficient (Wildman–Crippen LogP) is 2.95. The first-order chi connectivity index (χ1) is 8.24. The molecule has 0 saturated carbocycles. The Morgan fingerprint density at radius 3 is 2.29 bits per heavy atom. The number of benzene rings is 1. The van der Waals surface area contributed by atoms with Gasteiger partial charge in [-0.2, -0.15) is 0 Å². The summed E-state index contributed by atoms with van der Waals surface area (Å²) in [4.78, 5) is 2.61. The standard InChI is InChI=1S/C15H24N2/c1-12-7-6-8-13(2)17(12)15(11-16)14-9-4-3-5-10-14/h3-5,9-10,12-13,15H,6-8,11,16H2,1-2H3/t12-,13+,15?. The molecule has 0 amide bonds. The van der Waals surface area contributed by atoms with Gasteiger partial charge in [0, 0.05) is 24.7 Å². The average molecular weight is 232 g/mol. The highest BCUT2D eigenvalue weighted by molar-refractivity contribution is 5.20. The summed E-state index contributed by atoms with van der Waals surface area (Å²) in [5.41, 5.74) is 7.38. The van der Waals surface area contributed by atoms with Crippen molar-refractivity contribution >= 4 is 0 Å². The lowest BCUT2D eigenvalue weighted by molar-refractivity contribution is 0.0578. The molecule has 2 heteroatoms. The summed E-state index contributed by atoms with van der Waals surface area (Å²) in [7, 11) is 0. The fourth-order valence-electron chi connectivity index (χ4n) is 3.16. The molecule has 1 aromatic carbocycles. The lowest BCUT2D eigenvalue weighted by Gasteiger charge is -2.44. The fraction of sp³-hybridized carbons (Fsp3) is 0.600. The molecule has 0 radical (unpaired) electrons. The highest BCUT2D eigenvalue weighted by Crippen LogP contribution is 2.31. The quantitative estimate of drug-likeness (QED) is 0.868. The molecule has 1 unspecified atom stereocenters. The second kappa shape index (κ2) is 5.65. The topological polar surface area (TPSA) is 29.3 Å². The van der Waals surface area contributed by atoms with Gasteiger partial charge in [0.1, 0.15) is 0 Å². The molecule has 1 aliphatic heterocycles. The molecular formula is C15H24N2. The van der Waals surface area contributed by atoms with Gasteiger partial charge in [-0.05, 0) is 32.3 Å². The van der Waals surface area contributed by atoms with Gasteiger partial charge in [-0.3, -0.25) is 4.90 Å². The minimum atomic E-state index is 0.376. The Kier molecular flexibility index (Phi) is 4.19. The highest BCUT2D eigenvalue weighted by Gasteiger charge is 2.30. The van der Waals surface area contributed by atoms with E-state index in [2.05, 4.69) is 49.1 Å². The molecule has 1 heterocycles. The maximum atomic E-state index is 6.02. The van der Waals surface area contributed by atoms with Crippen LogP contribution in [0.4, 0.5) is 0 Å². The lowest BCUT2D eigenvalue weighted by Crippen LogP contribution is -2.48. The van der Waals surface area contributed by atoms with E-state index in [4.69, 9.17) is 5.73 Å². The van der Waals surface area contributed by atoms with E-state index in [0.717, 1.165) is 0 Å². The Hall–Kier alpha value is -0.860. The minimum Gasteiger partial charge on any atom is -0.329 e. The molecule has 2 rings (SSSR count). The first-order valence-corrected chi connectivity index (χ1v) is 6.76. The van der Waals surface area contributed by atoms with Crippen molar-refractivity contribution in [3.05, 3.63) is 35.9 Å². The number of rotatable bonds is 3. The lowest BCUT2D eigenvalue weighted by atomic mass is 9.92. The second-order valence-corrected chi connectivity index (χ2v) is 5.24. The molecule has 17 heavy (non-hydrogen) atoms. The molecule has 0 aliphatic carbocycles. The van der Waals surface area contributed by atoms with Crippen molar-refractivity contribution in [3.8, 4) is 0 Å². The van der Waals surface area contributed by atoms with Crippen LogP contribution in [0, 0.1) is 0 Å². The average Bonchev–Trinajstić information content (AvgIpc) is 2.35. The summed E-state index contributed by atoms with van der Waals surface area (Å²) >= 11 is 0. The third kappa shape index (κ3) is 2.70. The van der Waals surface area contributed by atoms with Crippen LogP contribution >= 0.6 is 0 Å². The third-order valence-electron chi connectivity index (χ3n) is 4.03. The first-order valence-electron chi connectivity index (χ1n) is 6.76. The van der Waals surface area contributed by atoms with E-state index in [-0.39, 0.29) is 0 Å². The van der Waals surface area contributed by atoms with Crippen LogP contribution in [0.2, 0.25) is 0 Å². The van der Waals surface area contributed by atoms with Gasteiger partial charge in [0.25, 0.3) is 0 Å². The minimum absolute atomic E-state index is 0.376. The Morgan fingerprint density at radius 1 is 1.18 bits per heavy atom. The molecule has 0 bridgehead atoms. The molecule has 0 aromatic heterocycles. The zero-order chi connectivity index (χ0) is 12.3. The van der Waals surface area contributed by atoms with E-state index in [9.17, 15) is 0 Å². The third-order valence-corrected chi connectivity index (χ3v) is 4.03. The molecule has 1 aliphatic rings. The Morgan fingerprint density at radius 2 is 1.76 bits per heavy atom. The smallest absolute Gasteiger partial charge is 0.0476 e. The van der Waals surface area contributed by atoms with Crippen molar-refractivity contribution in [2.45, 2.75) is 51.2 Å². The van der Waals surface area contributed by atoms with E-state index < -0.39 is 0 Å². The Balaban J connectivity index is 2.22. The molecule has 94 valence electrons. The van der Waals surface area contributed by atoms with Crippen LogP contribution < -0.4 is 5.73 Å². The van der Waals surface area contributed by atoms with Crippen molar-refractivity contribution in [2.24, 2.45) is 5.73 Å². The van der Waals surface area contributed by atoms with Crippen LogP contribution in [0.1, 0.15) is 44.7 Å². The second-order valence-electron chi connectivity index (χ2n) is 5.24. The Bertz CT molecular complexity index is 326. The van der Waals surface area contributed by atoms with Crippen molar-refractivity contribution in [1.82, 2.24) is 4.90 Å². The van der Waals surface area contributed by atoms with Crippen LogP contribution in [0.15, 0.2) is 30.3 Å². The number of hydrogen-bond acceptors (Lipinski definition) is 2. The molecule has 0 spiro atoms. The van der Waals surface area contributed by atoms with Crippen LogP contribution in [0.25, 0.3) is 0 Å². The summed E-state index contributed by atoms with van der Waals surface area (Å²) in [5.74, 6) is 0. The largest absolute Gasteiger partial charge is 0.329 e. The van der Waals surface area contributed by atoms with Crippen molar-refractivity contribution in [2.75, 3.05) is 6.54 Å². The summed E-state index contributed by atoms with van der Waals surface area (Å²) in [6.45, 7) is 5.38. The van der Waals surface area contributed by atoms with Gasteiger partial charge < -0.3 is 5.73 Å². The zero-order valence-corrected chi connectivity index (χ0v) is 11.0. The molecule has 1 saturated heterocycles. The molecule has 1 fully saturated rings. The van der Waals surface area contributed by atoms with Gasteiger partial charge in [-0.1, -0.05) is 36.8 Å². The summed E-state index contributed by atoms with van der Waals surface area (Å²) in [5, 5.41) is 0. The number of nitrogens with two attached hydrogens (primary N) is 1.